The third-order valence-corrected chi connectivity index (χ3v) is 5.00. The number of urea groups is 1. The number of ether oxygens (including phenoxy) is 2. The van der Waals surface area contributed by atoms with Gasteiger partial charge in [0.15, 0.2) is 0 Å². The smallest absolute Gasteiger partial charge is 0.317 e. The number of amides is 2. The Kier molecular flexibility index (Phi) is 6.76. The SMILES string of the molecule is COc1cc(CNC(=O)N2CCN(Cc3cccc(C)c3)CC2)cc(OC)c1. The summed E-state index contributed by atoms with van der Waals surface area (Å²) < 4.78 is 10.6. The summed E-state index contributed by atoms with van der Waals surface area (Å²) in [6.45, 7) is 6.72. The molecule has 1 fully saturated rings. The lowest BCUT2D eigenvalue weighted by molar-refractivity contribution is 0.135. The van der Waals surface area contributed by atoms with Crippen LogP contribution in [0.2, 0.25) is 0 Å². The zero-order chi connectivity index (χ0) is 19.9. The number of aryl methyl sites for hydroxylation is 1. The summed E-state index contributed by atoms with van der Waals surface area (Å²) in [4.78, 5) is 16.8. The Morgan fingerprint density at radius 3 is 2.25 bits per heavy atom. The van der Waals surface area contributed by atoms with E-state index in [-0.39, 0.29) is 6.03 Å². The first-order valence-corrected chi connectivity index (χ1v) is 9.60. The molecule has 0 spiro atoms. The van der Waals surface area contributed by atoms with Crippen molar-refractivity contribution in [3.8, 4) is 11.5 Å². The number of rotatable bonds is 6. The molecule has 0 unspecified atom stereocenters. The first kappa shape index (κ1) is 20.0. The van der Waals surface area contributed by atoms with E-state index in [1.807, 2.05) is 23.1 Å². The molecule has 1 saturated heterocycles. The molecular formula is C22H29N3O3. The third kappa shape index (κ3) is 5.39. The Hall–Kier alpha value is -2.73. The molecule has 1 aliphatic rings. The van der Waals surface area contributed by atoms with E-state index in [0.717, 1.165) is 38.3 Å². The van der Waals surface area contributed by atoms with Crippen molar-refractivity contribution in [2.45, 2.75) is 20.0 Å². The fraction of sp³-hybridized carbons (Fsp3) is 0.409. The lowest BCUT2D eigenvalue weighted by Crippen LogP contribution is -2.51. The van der Waals surface area contributed by atoms with Crippen LogP contribution in [-0.4, -0.2) is 56.2 Å². The zero-order valence-electron chi connectivity index (χ0n) is 16.9. The van der Waals surface area contributed by atoms with Crippen LogP contribution in [0.25, 0.3) is 0 Å². The number of methoxy groups -OCH3 is 2. The highest BCUT2D eigenvalue weighted by Crippen LogP contribution is 2.22. The Morgan fingerprint density at radius 2 is 1.64 bits per heavy atom. The maximum atomic E-state index is 12.5. The zero-order valence-corrected chi connectivity index (χ0v) is 16.9. The van der Waals surface area contributed by atoms with Crippen LogP contribution >= 0.6 is 0 Å². The molecule has 1 N–H and O–H groups in total. The summed E-state index contributed by atoms with van der Waals surface area (Å²) in [7, 11) is 3.24. The number of hydrogen-bond donors (Lipinski definition) is 1. The molecule has 2 amide bonds. The van der Waals surface area contributed by atoms with Crippen molar-refractivity contribution in [3.63, 3.8) is 0 Å². The number of nitrogens with one attached hydrogen (secondary N) is 1. The Morgan fingerprint density at radius 1 is 0.964 bits per heavy atom. The largest absolute Gasteiger partial charge is 0.497 e. The first-order valence-electron chi connectivity index (χ1n) is 9.60. The summed E-state index contributed by atoms with van der Waals surface area (Å²) in [5.74, 6) is 1.43. The minimum atomic E-state index is -0.0306. The lowest BCUT2D eigenvalue weighted by atomic mass is 10.1. The Bertz CT molecular complexity index is 779. The molecule has 150 valence electrons. The fourth-order valence-electron chi connectivity index (χ4n) is 3.44. The van der Waals surface area contributed by atoms with Crippen molar-refractivity contribution in [1.82, 2.24) is 15.1 Å². The molecule has 0 radical (unpaired) electrons. The van der Waals surface area contributed by atoms with Crippen molar-refractivity contribution in [3.05, 3.63) is 59.2 Å². The normalized spacial score (nSPS) is 14.6. The molecule has 2 aromatic carbocycles. The van der Waals surface area contributed by atoms with Gasteiger partial charge in [-0.15, -0.1) is 0 Å². The number of benzene rings is 2. The van der Waals surface area contributed by atoms with E-state index >= 15 is 0 Å². The van der Waals surface area contributed by atoms with Gasteiger partial charge in [-0.05, 0) is 30.2 Å². The number of piperazine rings is 1. The van der Waals surface area contributed by atoms with Gasteiger partial charge in [0.1, 0.15) is 11.5 Å². The molecule has 3 rings (SSSR count). The van der Waals surface area contributed by atoms with Crippen LogP contribution in [-0.2, 0) is 13.1 Å². The predicted molar refractivity (Wildman–Crippen MR) is 110 cm³/mol. The minimum Gasteiger partial charge on any atom is -0.497 e. The van der Waals surface area contributed by atoms with Gasteiger partial charge in [-0.25, -0.2) is 4.79 Å². The quantitative estimate of drug-likeness (QED) is 0.833. The fourth-order valence-corrected chi connectivity index (χ4v) is 3.44. The van der Waals surface area contributed by atoms with Crippen molar-refractivity contribution in [1.29, 1.82) is 0 Å². The van der Waals surface area contributed by atoms with E-state index < -0.39 is 0 Å². The summed E-state index contributed by atoms with van der Waals surface area (Å²) in [5, 5.41) is 3.00. The Balaban J connectivity index is 1.47. The van der Waals surface area contributed by atoms with Crippen LogP contribution in [0.4, 0.5) is 4.79 Å². The van der Waals surface area contributed by atoms with Gasteiger partial charge in [-0.3, -0.25) is 4.90 Å². The maximum absolute atomic E-state index is 12.5. The lowest BCUT2D eigenvalue weighted by Gasteiger charge is -2.34. The van der Waals surface area contributed by atoms with Crippen LogP contribution in [0.3, 0.4) is 0 Å². The van der Waals surface area contributed by atoms with Gasteiger partial charge >= 0.3 is 6.03 Å². The molecule has 0 bridgehead atoms. The average Bonchev–Trinajstić information content (AvgIpc) is 2.72. The standard InChI is InChI=1S/C22H29N3O3/c1-17-5-4-6-18(11-17)16-24-7-9-25(10-8-24)22(26)23-15-19-12-20(27-2)14-21(13-19)28-3/h4-6,11-14H,7-10,15-16H2,1-3H3,(H,23,26). The summed E-state index contributed by atoms with van der Waals surface area (Å²) in [6, 6.07) is 14.2. The van der Waals surface area contributed by atoms with Crippen LogP contribution in [0.15, 0.2) is 42.5 Å². The molecule has 28 heavy (non-hydrogen) atoms. The van der Waals surface area contributed by atoms with E-state index in [2.05, 4.69) is 41.4 Å². The molecule has 0 aliphatic carbocycles. The highest BCUT2D eigenvalue weighted by atomic mass is 16.5. The molecule has 0 saturated carbocycles. The molecule has 6 heteroatoms. The molecule has 1 aliphatic heterocycles. The van der Waals surface area contributed by atoms with E-state index in [9.17, 15) is 4.79 Å². The second-order valence-corrected chi connectivity index (χ2v) is 7.13. The van der Waals surface area contributed by atoms with E-state index in [0.29, 0.717) is 18.0 Å². The topological polar surface area (TPSA) is 54.0 Å². The van der Waals surface area contributed by atoms with Crippen LogP contribution in [0.5, 0.6) is 11.5 Å². The first-order chi connectivity index (χ1) is 13.6. The van der Waals surface area contributed by atoms with Gasteiger partial charge in [-0.2, -0.15) is 0 Å². The molecule has 6 nitrogen and oxygen atoms in total. The monoisotopic (exact) mass is 383 g/mol. The third-order valence-electron chi connectivity index (χ3n) is 5.00. The van der Waals surface area contributed by atoms with Crippen molar-refractivity contribution < 1.29 is 14.3 Å². The van der Waals surface area contributed by atoms with Gasteiger partial charge in [0, 0.05) is 45.3 Å². The molecular weight excluding hydrogens is 354 g/mol. The van der Waals surface area contributed by atoms with Gasteiger partial charge < -0.3 is 19.7 Å². The second kappa shape index (κ2) is 9.46. The number of carbonyl (C=O) groups is 1. The molecule has 0 aromatic heterocycles. The summed E-state index contributed by atoms with van der Waals surface area (Å²) in [5.41, 5.74) is 3.55. The van der Waals surface area contributed by atoms with E-state index in [4.69, 9.17) is 9.47 Å². The Labute approximate surface area is 167 Å². The van der Waals surface area contributed by atoms with Crippen molar-refractivity contribution in [2.24, 2.45) is 0 Å². The molecule has 1 heterocycles. The van der Waals surface area contributed by atoms with Crippen LogP contribution in [0.1, 0.15) is 16.7 Å². The van der Waals surface area contributed by atoms with Gasteiger partial charge in [0.25, 0.3) is 0 Å². The predicted octanol–water partition coefficient (Wildman–Crippen LogP) is 3.04. The van der Waals surface area contributed by atoms with Gasteiger partial charge in [-0.1, -0.05) is 29.8 Å². The summed E-state index contributed by atoms with van der Waals surface area (Å²) >= 11 is 0. The highest BCUT2D eigenvalue weighted by molar-refractivity contribution is 5.74. The minimum absolute atomic E-state index is 0.0306. The highest BCUT2D eigenvalue weighted by Gasteiger charge is 2.21. The van der Waals surface area contributed by atoms with Gasteiger partial charge in [0.05, 0.1) is 14.2 Å². The van der Waals surface area contributed by atoms with Crippen molar-refractivity contribution >= 4 is 6.03 Å². The van der Waals surface area contributed by atoms with Crippen molar-refractivity contribution in [2.75, 3.05) is 40.4 Å². The summed E-state index contributed by atoms with van der Waals surface area (Å²) in [6.07, 6.45) is 0. The molecule has 2 aromatic rings. The van der Waals surface area contributed by atoms with Crippen LogP contribution in [0, 0.1) is 6.92 Å². The molecule has 0 atom stereocenters. The van der Waals surface area contributed by atoms with E-state index in [1.54, 1.807) is 14.2 Å². The van der Waals surface area contributed by atoms with Gasteiger partial charge in [0.2, 0.25) is 0 Å². The maximum Gasteiger partial charge on any atom is 0.317 e. The number of hydrogen-bond acceptors (Lipinski definition) is 4. The average molecular weight is 383 g/mol. The second-order valence-electron chi connectivity index (χ2n) is 7.13. The number of nitrogens with zero attached hydrogens (tertiary/aromatic N) is 2. The van der Waals surface area contributed by atoms with Crippen LogP contribution < -0.4 is 14.8 Å². The van der Waals surface area contributed by atoms with E-state index in [1.165, 1.54) is 11.1 Å². The number of carbonyl (C=O) groups excluding carboxylic acids is 1.